The number of rotatable bonds is 2. The molecule has 0 radical (unpaired) electrons. The van der Waals surface area contributed by atoms with Gasteiger partial charge in [0.05, 0.1) is 6.04 Å². The largest absolute Gasteiger partial charge is 0.444 e. The van der Waals surface area contributed by atoms with Crippen molar-refractivity contribution < 1.29 is 14.3 Å². The second-order valence-electron chi connectivity index (χ2n) is 9.95. The molecule has 0 aromatic heterocycles. The van der Waals surface area contributed by atoms with Crippen LogP contribution in [0.25, 0.3) is 0 Å². The molecule has 0 bridgehead atoms. The molecule has 1 heterocycles. The fourth-order valence-electron chi connectivity index (χ4n) is 5.55. The summed E-state index contributed by atoms with van der Waals surface area (Å²) in [5, 5.41) is 0. The third-order valence-corrected chi connectivity index (χ3v) is 7.36. The van der Waals surface area contributed by atoms with Crippen LogP contribution in [0.3, 0.4) is 0 Å². The van der Waals surface area contributed by atoms with E-state index in [1.54, 1.807) is 17.1 Å². The average Bonchev–Trinajstić information content (AvgIpc) is 2.84. The molecule has 3 fully saturated rings. The Labute approximate surface area is 152 Å². The average molecular weight is 347 g/mol. The van der Waals surface area contributed by atoms with Gasteiger partial charge in [-0.15, -0.1) is 0 Å². The maximum atomic E-state index is 12.8. The lowest BCUT2D eigenvalue weighted by Crippen LogP contribution is -2.66. The minimum Gasteiger partial charge on any atom is -0.444 e. The molecular weight excluding hydrogens is 314 g/mol. The first-order chi connectivity index (χ1) is 11.5. The lowest BCUT2D eigenvalue weighted by atomic mass is 9.32. The van der Waals surface area contributed by atoms with Crippen molar-refractivity contribution in [3.05, 3.63) is 12.2 Å². The van der Waals surface area contributed by atoms with Crippen LogP contribution >= 0.6 is 0 Å². The fraction of sp³-hybridized carbons (Fsp3) is 0.810. The van der Waals surface area contributed by atoms with E-state index in [0.29, 0.717) is 12.0 Å². The molecule has 2 atom stereocenters. The molecular formula is C21H33NO3. The lowest BCUT2D eigenvalue weighted by molar-refractivity contribution is -0.231. The summed E-state index contributed by atoms with van der Waals surface area (Å²) in [6, 6.07) is -0.386. The molecule has 25 heavy (non-hydrogen) atoms. The van der Waals surface area contributed by atoms with Gasteiger partial charge in [0.1, 0.15) is 5.60 Å². The second-order valence-corrected chi connectivity index (χ2v) is 9.95. The topological polar surface area (TPSA) is 46.6 Å². The Morgan fingerprint density at radius 1 is 1.16 bits per heavy atom. The van der Waals surface area contributed by atoms with E-state index in [1.165, 1.54) is 19.3 Å². The molecule has 1 amide bonds. The minimum absolute atomic E-state index is 0.0237. The van der Waals surface area contributed by atoms with E-state index in [0.717, 1.165) is 12.8 Å². The van der Waals surface area contributed by atoms with Gasteiger partial charge in [-0.1, -0.05) is 26.3 Å². The van der Waals surface area contributed by atoms with Crippen LogP contribution in [0.1, 0.15) is 73.6 Å². The van der Waals surface area contributed by atoms with Crippen LogP contribution in [0.4, 0.5) is 4.79 Å². The van der Waals surface area contributed by atoms with Crippen LogP contribution in [-0.4, -0.2) is 35.0 Å². The first-order valence-electron chi connectivity index (χ1n) is 9.63. The zero-order valence-corrected chi connectivity index (χ0v) is 16.6. The van der Waals surface area contributed by atoms with Gasteiger partial charge >= 0.3 is 6.09 Å². The summed E-state index contributed by atoms with van der Waals surface area (Å²) < 4.78 is 5.61. The number of carbonyl (C=O) groups excluding carboxylic acids is 2. The van der Waals surface area contributed by atoms with E-state index in [1.807, 2.05) is 27.7 Å². The number of carbonyl (C=O) groups is 2. The summed E-state index contributed by atoms with van der Waals surface area (Å²) in [6.45, 7) is 12.8. The molecule has 0 N–H and O–H groups in total. The number of ether oxygens (including phenoxy) is 1. The maximum Gasteiger partial charge on any atom is 0.410 e. The third kappa shape index (κ3) is 2.63. The molecule has 3 rings (SSSR count). The van der Waals surface area contributed by atoms with Crippen LogP contribution in [0, 0.1) is 16.2 Å². The van der Waals surface area contributed by atoms with Crippen molar-refractivity contribution in [1.29, 1.82) is 0 Å². The molecule has 4 nitrogen and oxygen atoms in total. The first-order valence-corrected chi connectivity index (χ1v) is 9.63. The van der Waals surface area contributed by atoms with E-state index in [4.69, 9.17) is 4.74 Å². The van der Waals surface area contributed by atoms with Crippen molar-refractivity contribution in [2.24, 2.45) is 16.2 Å². The number of amides is 1. The molecule has 140 valence electrons. The number of nitrogens with zero attached hydrogens (tertiary/aromatic N) is 1. The monoisotopic (exact) mass is 347 g/mol. The van der Waals surface area contributed by atoms with Crippen molar-refractivity contribution in [2.75, 3.05) is 6.54 Å². The first kappa shape index (κ1) is 18.5. The Morgan fingerprint density at radius 2 is 1.80 bits per heavy atom. The Bertz CT molecular complexity index is 609. The zero-order chi connectivity index (χ0) is 18.7. The normalized spacial score (nSPS) is 32.7. The summed E-state index contributed by atoms with van der Waals surface area (Å²) in [4.78, 5) is 27.2. The lowest BCUT2D eigenvalue weighted by Gasteiger charge is -2.72. The van der Waals surface area contributed by atoms with Gasteiger partial charge in [0.25, 0.3) is 0 Å². The van der Waals surface area contributed by atoms with E-state index in [-0.39, 0.29) is 28.7 Å². The predicted octanol–water partition coefficient (Wildman–Crippen LogP) is 4.73. The quantitative estimate of drug-likeness (QED) is 0.679. The SMILES string of the molecule is CC=CC(=O)C1CC2(CN1C(=O)OC(C)(C)C)CC1(CCC1)C2(C)C. The molecule has 0 aromatic carbocycles. The Kier molecular flexibility index (Phi) is 4.13. The van der Waals surface area contributed by atoms with Gasteiger partial charge in [-0.25, -0.2) is 4.79 Å². The van der Waals surface area contributed by atoms with Crippen molar-refractivity contribution in [2.45, 2.75) is 85.3 Å². The molecule has 2 saturated carbocycles. The van der Waals surface area contributed by atoms with Crippen LogP contribution in [0.5, 0.6) is 0 Å². The van der Waals surface area contributed by atoms with Gasteiger partial charge < -0.3 is 4.74 Å². The van der Waals surface area contributed by atoms with Gasteiger partial charge in [-0.3, -0.25) is 9.69 Å². The van der Waals surface area contributed by atoms with Crippen molar-refractivity contribution >= 4 is 11.9 Å². The number of allylic oxidation sites excluding steroid dienone is 1. The van der Waals surface area contributed by atoms with E-state index >= 15 is 0 Å². The summed E-state index contributed by atoms with van der Waals surface area (Å²) in [5.74, 6) is 0.0237. The summed E-state index contributed by atoms with van der Waals surface area (Å²) in [5.41, 5.74) is 0.103. The smallest absolute Gasteiger partial charge is 0.410 e. The Hall–Kier alpha value is -1.32. The van der Waals surface area contributed by atoms with Gasteiger partial charge in [0, 0.05) is 6.54 Å². The highest BCUT2D eigenvalue weighted by Gasteiger charge is 2.73. The Morgan fingerprint density at radius 3 is 2.24 bits per heavy atom. The Balaban J connectivity index is 1.86. The summed E-state index contributed by atoms with van der Waals surface area (Å²) >= 11 is 0. The highest BCUT2D eigenvalue weighted by Crippen LogP contribution is 2.77. The molecule has 2 aliphatic carbocycles. The van der Waals surface area contributed by atoms with Gasteiger partial charge in [-0.05, 0) is 75.7 Å². The van der Waals surface area contributed by atoms with Crippen molar-refractivity contribution in [3.63, 3.8) is 0 Å². The molecule has 3 aliphatic rings. The highest BCUT2D eigenvalue weighted by molar-refractivity contribution is 5.96. The van der Waals surface area contributed by atoms with E-state index < -0.39 is 5.60 Å². The second kappa shape index (κ2) is 5.59. The minimum atomic E-state index is -0.550. The zero-order valence-electron chi connectivity index (χ0n) is 16.6. The highest BCUT2D eigenvalue weighted by atomic mass is 16.6. The number of ketones is 1. The van der Waals surface area contributed by atoms with Crippen LogP contribution in [0.2, 0.25) is 0 Å². The van der Waals surface area contributed by atoms with Gasteiger partial charge in [0.15, 0.2) is 5.78 Å². The number of likely N-dealkylation sites (tertiary alicyclic amines) is 1. The standard InChI is InChI=1S/C21H33NO3/c1-7-9-16(23)15-12-21(13-20(10-8-11-20)19(21,5)6)14-22(15)17(24)25-18(2,3)4/h7,9,15H,8,10-14H2,1-6H3. The fourth-order valence-corrected chi connectivity index (χ4v) is 5.55. The summed E-state index contributed by atoms with van der Waals surface area (Å²) in [7, 11) is 0. The predicted molar refractivity (Wildman–Crippen MR) is 98.3 cm³/mol. The summed E-state index contributed by atoms with van der Waals surface area (Å²) in [6.07, 6.45) is 8.83. The van der Waals surface area contributed by atoms with Crippen LogP contribution in [0.15, 0.2) is 12.2 Å². The molecule has 2 spiro atoms. The molecule has 0 aromatic rings. The van der Waals surface area contributed by atoms with Crippen molar-refractivity contribution in [1.82, 2.24) is 4.90 Å². The van der Waals surface area contributed by atoms with E-state index in [9.17, 15) is 9.59 Å². The number of hydrogen-bond acceptors (Lipinski definition) is 3. The molecule has 1 aliphatic heterocycles. The number of hydrogen-bond donors (Lipinski definition) is 0. The van der Waals surface area contributed by atoms with Crippen LogP contribution < -0.4 is 0 Å². The van der Waals surface area contributed by atoms with Crippen LogP contribution in [-0.2, 0) is 9.53 Å². The molecule has 4 heteroatoms. The maximum absolute atomic E-state index is 12.8. The molecule has 2 unspecified atom stereocenters. The molecule has 1 saturated heterocycles. The van der Waals surface area contributed by atoms with Crippen molar-refractivity contribution in [3.8, 4) is 0 Å². The van der Waals surface area contributed by atoms with Gasteiger partial charge in [0.2, 0.25) is 0 Å². The van der Waals surface area contributed by atoms with E-state index in [2.05, 4.69) is 13.8 Å². The van der Waals surface area contributed by atoms with Gasteiger partial charge in [-0.2, -0.15) is 0 Å². The third-order valence-electron chi connectivity index (χ3n) is 7.36.